The van der Waals surface area contributed by atoms with Crippen LogP contribution in [0.4, 0.5) is 0 Å². The van der Waals surface area contributed by atoms with Crippen molar-refractivity contribution in [1.82, 2.24) is 0 Å². The van der Waals surface area contributed by atoms with Gasteiger partial charge in [-0.1, -0.05) is 194 Å². The largest absolute Gasteiger partial charge is 2.00 e. The molecule has 242 valence electrons. The Morgan fingerprint density at radius 1 is 0.357 bits per heavy atom. The fourth-order valence-electron chi connectivity index (χ4n) is 5.28. The molecule has 0 amide bonds. The SMILES string of the molecule is CCCCCCCCCCCCCCCCCC(=O)[O-].CCCCCCCCCCCCCCCCCC(=O)[O-].[H-].[Mg+2].[Na+]. The Hall–Kier alpha value is 0.706. The summed E-state index contributed by atoms with van der Waals surface area (Å²) in [5.74, 6) is -1.81. The molecule has 0 saturated heterocycles. The summed E-state index contributed by atoms with van der Waals surface area (Å²) in [5.41, 5.74) is 0. The smallest absolute Gasteiger partial charge is 1.00 e. The molecule has 0 aliphatic heterocycles. The van der Waals surface area contributed by atoms with Crippen molar-refractivity contribution in [3.63, 3.8) is 0 Å². The molecule has 0 aromatic rings. The summed E-state index contributed by atoms with van der Waals surface area (Å²) in [5, 5.41) is 20.4. The third-order valence-electron chi connectivity index (χ3n) is 7.97. The van der Waals surface area contributed by atoms with Gasteiger partial charge in [0.15, 0.2) is 0 Å². The van der Waals surface area contributed by atoms with Gasteiger partial charge >= 0.3 is 52.6 Å². The third-order valence-corrected chi connectivity index (χ3v) is 7.97. The zero-order valence-corrected chi connectivity index (χ0v) is 32.4. The molecule has 0 aromatic carbocycles. The van der Waals surface area contributed by atoms with Crippen molar-refractivity contribution in [1.29, 1.82) is 0 Å². The van der Waals surface area contributed by atoms with Crippen molar-refractivity contribution in [3.05, 3.63) is 0 Å². The molecule has 0 fully saturated rings. The third kappa shape index (κ3) is 53.3. The minimum absolute atomic E-state index is 0. The van der Waals surface area contributed by atoms with Gasteiger partial charge in [-0.25, -0.2) is 0 Å². The van der Waals surface area contributed by atoms with E-state index in [1.54, 1.807) is 0 Å². The Balaban J connectivity index is -0.000000209. The molecule has 6 heteroatoms. The van der Waals surface area contributed by atoms with Crippen molar-refractivity contribution in [2.75, 3.05) is 0 Å². The molecule has 0 saturated carbocycles. The zero-order chi connectivity index (χ0) is 29.8. The zero-order valence-electron chi connectivity index (χ0n) is 30.0. The van der Waals surface area contributed by atoms with Gasteiger partial charge in [0.2, 0.25) is 0 Å². The van der Waals surface area contributed by atoms with Gasteiger partial charge in [0.25, 0.3) is 0 Å². The Kier molecular flexibility index (Phi) is 54.5. The van der Waals surface area contributed by atoms with E-state index in [0.29, 0.717) is 0 Å². The predicted molar refractivity (Wildman–Crippen MR) is 176 cm³/mol. The average molecular weight is 615 g/mol. The second kappa shape index (κ2) is 46.1. The maximum Gasteiger partial charge on any atom is 2.00 e. The van der Waals surface area contributed by atoms with Crippen molar-refractivity contribution in [3.8, 4) is 0 Å². The molecule has 0 N–H and O–H groups in total. The first-order valence-corrected chi connectivity index (χ1v) is 17.9. The van der Waals surface area contributed by atoms with E-state index in [2.05, 4.69) is 13.8 Å². The van der Waals surface area contributed by atoms with Gasteiger partial charge in [-0.15, -0.1) is 0 Å². The maximum absolute atomic E-state index is 10.2. The summed E-state index contributed by atoms with van der Waals surface area (Å²) < 4.78 is 0. The fraction of sp³-hybridized carbons (Fsp3) is 0.944. The van der Waals surface area contributed by atoms with Gasteiger partial charge in [0, 0.05) is 11.9 Å². The minimum atomic E-state index is -0.903. The van der Waals surface area contributed by atoms with Crippen LogP contribution in [0.3, 0.4) is 0 Å². The quantitative estimate of drug-likeness (QED) is 0.0621. The molecule has 0 aliphatic carbocycles. The van der Waals surface area contributed by atoms with Crippen LogP contribution in [0.5, 0.6) is 0 Å². The normalized spacial score (nSPS) is 10.3. The summed E-state index contributed by atoms with van der Waals surface area (Å²) in [4.78, 5) is 20.4. The van der Waals surface area contributed by atoms with E-state index in [1.165, 1.54) is 167 Å². The van der Waals surface area contributed by atoms with Crippen LogP contribution in [0, 0.1) is 0 Å². The first kappa shape index (κ1) is 49.6. The topological polar surface area (TPSA) is 80.3 Å². The molecule has 0 aliphatic rings. The molecule has 0 aromatic heterocycles. The summed E-state index contributed by atoms with van der Waals surface area (Å²) >= 11 is 0. The fourth-order valence-corrected chi connectivity index (χ4v) is 5.28. The number of aliphatic carboxylic acids is 2. The Labute approximate surface area is 303 Å². The predicted octanol–water partition coefficient (Wildman–Crippen LogP) is 6.73. The molecule has 0 spiro atoms. The van der Waals surface area contributed by atoms with Gasteiger partial charge < -0.3 is 21.2 Å². The van der Waals surface area contributed by atoms with Gasteiger partial charge in [-0.2, -0.15) is 0 Å². The first-order valence-electron chi connectivity index (χ1n) is 17.9. The minimum Gasteiger partial charge on any atom is -1.00 e. The van der Waals surface area contributed by atoms with E-state index in [0.717, 1.165) is 25.7 Å². The molecule has 0 unspecified atom stereocenters. The number of carboxylic acid groups (broad SMARTS) is 2. The Morgan fingerprint density at radius 2 is 0.500 bits per heavy atom. The van der Waals surface area contributed by atoms with E-state index in [4.69, 9.17) is 0 Å². The van der Waals surface area contributed by atoms with Crippen LogP contribution in [-0.2, 0) is 9.59 Å². The van der Waals surface area contributed by atoms with Crippen LogP contribution in [0.2, 0.25) is 0 Å². The number of rotatable bonds is 32. The molecular formula is C36H71MgNaO4. The van der Waals surface area contributed by atoms with Crippen LogP contribution in [0.1, 0.15) is 221 Å². The summed E-state index contributed by atoms with van der Waals surface area (Å²) in [7, 11) is 0. The second-order valence-corrected chi connectivity index (χ2v) is 12.1. The van der Waals surface area contributed by atoms with Crippen molar-refractivity contribution < 1.29 is 50.8 Å². The second-order valence-electron chi connectivity index (χ2n) is 12.1. The number of unbranched alkanes of at least 4 members (excludes halogenated alkanes) is 28. The summed E-state index contributed by atoms with van der Waals surface area (Å²) in [6, 6.07) is 0. The van der Waals surface area contributed by atoms with E-state index >= 15 is 0 Å². The number of carbonyl (C=O) groups is 2. The van der Waals surface area contributed by atoms with E-state index < -0.39 is 11.9 Å². The van der Waals surface area contributed by atoms with Crippen LogP contribution < -0.4 is 39.8 Å². The summed E-state index contributed by atoms with van der Waals surface area (Å²) in [6.45, 7) is 4.53. The number of carbonyl (C=O) groups excluding carboxylic acids is 2. The van der Waals surface area contributed by atoms with Crippen molar-refractivity contribution >= 4 is 35.0 Å². The van der Waals surface area contributed by atoms with E-state index in [9.17, 15) is 19.8 Å². The Bertz CT molecular complexity index is 468. The van der Waals surface area contributed by atoms with E-state index in [1.807, 2.05) is 0 Å². The molecule has 4 nitrogen and oxygen atoms in total. The molecule has 0 bridgehead atoms. The van der Waals surface area contributed by atoms with E-state index in [-0.39, 0.29) is 66.9 Å². The number of hydrogen-bond acceptors (Lipinski definition) is 4. The molecule has 0 radical (unpaired) electrons. The van der Waals surface area contributed by atoms with Crippen LogP contribution >= 0.6 is 0 Å². The monoisotopic (exact) mass is 615 g/mol. The van der Waals surface area contributed by atoms with Crippen LogP contribution in [0.25, 0.3) is 0 Å². The number of carboxylic acids is 2. The van der Waals surface area contributed by atoms with Crippen molar-refractivity contribution in [2.24, 2.45) is 0 Å². The average Bonchev–Trinajstić information content (AvgIpc) is 2.93. The first-order chi connectivity index (χ1) is 19.5. The molecule has 0 rings (SSSR count). The van der Waals surface area contributed by atoms with Gasteiger partial charge in [0.05, 0.1) is 0 Å². The standard InChI is InChI=1S/2C18H36O2.Mg.Na.H/c2*1-2-3-4-5-6-7-8-9-10-11-12-13-14-15-16-17-18(19)20;;;/h2*2-17H2,1H3,(H,19,20);;;/q;;+2;+1;-1/p-2. The molecule has 0 atom stereocenters. The van der Waals surface area contributed by atoms with Gasteiger partial charge in [-0.05, 0) is 25.7 Å². The van der Waals surface area contributed by atoms with Crippen molar-refractivity contribution in [2.45, 2.75) is 219 Å². The Morgan fingerprint density at radius 3 is 0.643 bits per heavy atom. The van der Waals surface area contributed by atoms with Crippen LogP contribution in [0.15, 0.2) is 0 Å². The molecule has 42 heavy (non-hydrogen) atoms. The van der Waals surface area contributed by atoms with Gasteiger partial charge in [-0.3, -0.25) is 0 Å². The molecular weight excluding hydrogens is 544 g/mol. The molecule has 0 heterocycles. The maximum atomic E-state index is 10.2. The van der Waals surface area contributed by atoms with Crippen LogP contribution in [-0.4, -0.2) is 35.0 Å². The number of hydrogen-bond donors (Lipinski definition) is 0. The summed E-state index contributed by atoms with van der Waals surface area (Å²) in [6.07, 6.45) is 39.7. The van der Waals surface area contributed by atoms with Gasteiger partial charge in [0.1, 0.15) is 0 Å².